The predicted molar refractivity (Wildman–Crippen MR) is 52.9 cm³/mol. The summed E-state index contributed by atoms with van der Waals surface area (Å²) in [5, 5.41) is 0. The van der Waals surface area contributed by atoms with Crippen molar-refractivity contribution in [3.63, 3.8) is 0 Å². The Balaban J connectivity index is 2.38. The molecule has 1 radical (unpaired) electrons. The maximum atomic E-state index is 5.32. The van der Waals surface area contributed by atoms with Crippen molar-refractivity contribution < 1.29 is 4.74 Å². The van der Waals surface area contributed by atoms with Gasteiger partial charge in [0, 0.05) is 0 Å². The van der Waals surface area contributed by atoms with Crippen LogP contribution in [-0.4, -0.2) is 7.11 Å². The SMILES string of the molecule is C=[C]c1ccc(C2CC2)c(OC)c1. The molecule has 67 valence electrons. The third kappa shape index (κ3) is 1.59. The van der Waals surface area contributed by atoms with Gasteiger partial charge in [-0.2, -0.15) is 0 Å². The van der Waals surface area contributed by atoms with Crippen molar-refractivity contribution in [2.24, 2.45) is 0 Å². The van der Waals surface area contributed by atoms with Crippen LogP contribution in [-0.2, 0) is 0 Å². The third-order valence-electron chi connectivity index (χ3n) is 2.45. The van der Waals surface area contributed by atoms with Crippen molar-refractivity contribution in [2.75, 3.05) is 7.11 Å². The zero-order chi connectivity index (χ0) is 9.26. The van der Waals surface area contributed by atoms with Crippen molar-refractivity contribution in [1.29, 1.82) is 0 Å². The Kier molecular flexibility index (Phi) is 2.09. The molecular weight excluding hydrogens is 160 g/mol. The monoisotopic (exact) mass is 173 g/mol. The molecule has 0 heterocycles. The van der Waals surface area contributed by atoms with Crippen molar-refractivity contribution in [3.05, 3.63) is 42.0 Å². The van der Waals surface area contributed by atoms with Gasteiger partial charge in [0.05, 0.1) is 7.11 Å². The van der Waals surface area contributed by atoms with E-state index in [1.165, 1.54) is 18.4 Å². The van der Waals surface area contributed by atoms with Gasteiger partial charge in [-0.3, -0.25) is 0 Å². The highest BCUT2D eigenvalue weighted by Crippen LogP contribution is 2.44. The van der Waals surface area contributed by atoms with Crippen LogP contribution in [0.25, 0.3) is 0 Å². The summed E-state index contributed by atoms with van der Waals surface area (Å²) < 4.78 is 5.32. The maximum Gasteiger partial charge on any atom is 0.122 e. The lowest BCUT2D eigenvalue weighted by Gasteiger charge is -2.07. The molecule has 0 aliphatic heterocycles. The zero-order valence-corrected chi connectivity index (χ0v) is 7.84. The summed E-state index contributed by atoms with van der Waals surface area (Å²) in [4.78, 5) is 0. The molecule has 1 fully saturated rings. The fourth-order valence-corrected chi connectivity index (χ4v) is 1.55. The van der Waals surface area contributed by atoms with Crippen LogP contribution in [0.1, 0.15) is 29.9 Å². The van der Waals surface area contributed by atoms with Crippen LogP contribution in [0.15, 0.2) is 24.8 Å². The minimum atomic E-state index is 0.730. The molecule has 0 amide bonds. The lowest BCUT2D eigenvalue weighted by molar-refractivity contribution is 0.409. The topological polar surface area (TPSA) is 9.23 Å². The molecule has 1 aromatic rings. The molecule has 0 spiro atoms. The molecule has 0 aromatic heterocycles. The fraction of sp³-hybridized carbons (Fsp3) is 0.333. The largest absolute Gasteiger partial charge is 0.496 e. The molecule has 13 heavy (non-hydrogen) atoms. The Labute approximate surface area is 79.0 Å². The van der Waals surface area contributed by atoms with Crippen LogP contribution < -0.4 is 4.74 Å². The molecule has 0 saturated heterocycles. The quantitative estimate of drug-likeness (QED) is 0.683. The fourth-order valence-electron chi connectivity index (χ4n) is 1.55. The molecule has 0 bridgehead atoms. The van der Waals surface area contributed by atoms with Crippen LogP contribution in [0.2, 0.25) is 0 Å². The number of ether oxygens (including phenoxy) is 1. The van der Waals surface area contributed by atoms with E-state index in [0.29, 0.717) is 0 Å². The van der Waals surface area contributed by atoms with E-state index in [-0.39, 0.29) is 0 Å². The van der Waals surface area contributed by atoms with Gasteiger partial charge in [0.15, 0.2) is 0 Å². The molecule has 1 saturated carbocycles. The van der Waals surface area contributed by atoms with Crippen molar-refractivity contribution in [3.8, 4) is 5.75 Å². The highest BCUT2D eigenvalue weighted by atomic mass is 16.5. The Bertz CT molecular complexity index is 324. The first-order valence-electron chi connectivity index (χ1n) is 4.56. The van der Waals surface area contributed by atoms with E-state index in [1.807, 2.05) is 12.1 Å². The third-order valence-corrected chi connectivity index (χ3v) is 2.45. The summed E-state index contributed by atoms with van der Waals surface area (Å²) in [6.45, 7) is 3.62. The Morgan fingerprint density at radius 3 is 2.77 bits per heavy atom. The van der Waals surface area contributed by atoms with Crippen LogP contribution in [0, 0.1) is 6.08 Å². The molecule has 0 unspecified atom stereocenters. The van der Waals surface area contributed by atoms with Gasteiger partial charge in [-0.05, 0) is 42.0 Å². The van der Waals surface area contributed by atoms with E-state index in [9.17, 15) is 0 Å². The standard InChI is InChI=1S/C12H13O/c1-3-9-4-7-11(10-5-6-10)12(8-9)13-2/h4,7-8,10H,1,5-6H2,2H3. The molecule has 0 atom stereocenters. The van der Waals surface area contributed by atoms with E-state index >= 15 is 0 Å². The molecule has 1 aliphatic carbocycles. The first-order chi connectivity index (χ1) is 6.35. The van der Waals surface area contributed by atoms with Crippen LogP contribution >= 0.6 is 0 Å². The number of hydrogen-bond donors (Lipinski definition) is 0. The second-order valence-corrected chi connectivity index (χ2v) is 3.41. The van der Waals surface area contributed by atoms with Crippen molar-refractivity contribution in [1.82, 2.24) is 0 Å². The van der Waals surface area contributed by atoms with Crippen LogP contribution in [0.3, 0.4) is 0 Å². The molecule has 0 N–H and O–H groups in total. The van der Waals surface area contributed by atoms with Crippen LogP contribution in [0.5, 0.6) is 5.75 Å². The van der Waals surface area contributed by atoms with Gasteiger partial charge >= 0.3 is 0 Å². The van der Waals surface area contributed by atoms with Gasteiger partial charge in [-0.25, -0.2) is 0 Å². The minimum Gasteiger partial charge on any atom is -0.496 e. The van der Waals surface area contributed by atoms with E-state index in [2.05, 4.69) is 18.7 Å². The van der Waals surface area contributed by atoms with E-state index in [4.69, 9.17) is 4.74 Å². The average molecular weight is 173 g/mol. The second kappa shape index (κ2) is 3.25. The molecule has 1 heteroatoms. The smallest absolute Gasteiger partial charge is 0.122 e. The normalized spacial score (nSPS) is 15.5. The maximum absolute atomic E-state index is 5.32. The van der Waals surface area contributed by atoms with Gasteiger partial charge in [-0.15, -0.1) is 0 Å². The number of methoxy groups -OCH3 is 1. The molecule has 1 nitrogen and oxygen atoms in total. The summed E-state index contributed by atoms with van der Waals surface area (Å²) in [5.74, 6) is 1.71. The van der Waals surface area contributed by atoms with Crippen molar-refractivity contribution >= 4 is 0 Å². The lowest BCUT2D eigenvalue weighted by atomic mass is 10.1. The number of hydrogen-bond acceptors (Lipinski definition) is 1. The summed E-state index contributed by atoms with van der Waals surface area (Å²) in [6.07, 6.45) is 5.46. The second-order valence-electron chi connectivity index (χ2n) is 3.41. The van der Waals surface area contributed by atoms with Crippen molar-refractivity contribution in [2.45, 2.75) is 18.8 Å². The van der Waals surface area contributed by atoms with Gasteiger partial charge < -0.3 is 4.74 Å². The summed E-state index contributed by atoms with van der Waals surface area (Å²) in [6, 6.07) is 6.17. The van der Waals surface area contributed by atoms with E-state index in [0.717, 1.165) is 17.2 Å². The van der Waals surface area contributed by atoms with Gasteiger partial charge in [0.1, 0.15) is 5.75 Å². The molecular formula is C12H13O. The first-order valence-corrected chi connectivity index (χ1v) is 4.56. The Morgan fingerprint density at radius 2 is 2.23 bits per heavy atom. The molecule has 2 rings (SSSR count). The van der Waals surface area contributed by atoms with Gasteiger partial charge in [0.25, 0.3) is 0 Å². The van der Waals surface area contributed by atoms with Gasteiger partial charge in [-0.1, -0.05) is 18.7 Å². The van der Waals surface area contributed by atoms with E-state index < -0.39 is 0 Å². The molecule has 1 aliphatic rings. The average Bonchev–Trinajstić information content (AvgIpc) is 3.00. The lowest BCUT2D eigenvalue weighted by Crippen LogP contribution is -1.90. The summed E-state index contributed by atoms with van der Waals surface area (Å²) in [5.41, 5.74) is 2.34. The van der Waals surface area contributed by atoms with Crippen LogP contribution in [0.4, 0.5) is 0 Å². The number of rotatable bonds is 3. The Morgan fingerprint density at radius 1 is 1.46 bits per heavy atom. The highest BCUT2D eigenvalue weighted by molar-refractivity contribution is 5.43. The number of benzene rings is 1. The summed E-state index contributed by atoms with van der Waals surface area (Å²) >= 11 is 0. The van der Waals surface area contributed by atoms with E-state index in [1.54, 1.807) is 7.11 Å². The zero-order valence-electron chi connectivity index (χ0n) is 7.84. The highest BCUT2D eigenvalue weighted by Gasteiger charge is 2.26. The minimum absolute atomic E-state index is 0.730. The molecule has 1 aromatic carbocycles. The summed E-state index contributed by atoms with van der Waals surface area (Å²) in [7, 11) is 1.72. The predicted octanol–water partition coefficient (Wildman–Crippen LogP) is 2.91. The Hall–Kier alpha value is -1.24. The first kappa shape index (κ1) is 8.36. The van der Waals surface area contributed by atoms with Gasteiger partial charge in [0.2, 0.25) is 0 Å².